The summed E-state index contributed by atoms with van der Waals surface area (Å²) >= 11 is 0. The van der Waals surface area contributed by atoms with Crippen LogP contribution in [0.2, 0.25) is 0 Å². The number of hydrogen-bond donors (Lipinski definition) is 2. The largest absolute Gasteiger partial charge is 0.382 e. The summed E-state index contributed by atoms with van der Waals surface area (Å²) in [4.78, 5) is 7.36. The number of aliphatic imine (C=N–C) groups is 1. The number of guanidine groups is 1. The lowest BCUT2D eigenvalue weighted by Gasteiger charge is -2.37. The zero-order chi connectivity index (χ0) is 17.6. The molecule has 0 amide bonds. The average Bonchev–Trinajstić information content (AvgIpc) is 2.59. The molecule has 0 aromatic heterocycles. The molecule has 0 aromatic carbocycles. The summed E-state index contributed by atoms with van der Waals surface area (Å²) in [6.07, 6.45) is 4.96. The number of ether oxygens (including phenoxy) is 2. The van der Waals surface area contributed by atoms with Crippen molar-refractivity contribution in [1.29, 1.82) is 0 Å². The Morgan fingerprint density at radius 1 is 1.25 bits per heavy atom. The van der Waals surface area contributed by atoms with Gasteiger partial charge in [-0.3, -0.25) is 9.89 Å². The maximum absolute atomic E-state index is 5.47. The van der Waals surface area contributed by atoms with E-state index in [-0.39, 0.29) is 0 Å². The van der Waals surface area contributed by atoms with Gasteiger partial charge in [-0.05, 0) is 46.6 Å². The SMILES string of the molecule is CCNC(=NCC(C)N1CCCCC1C)NCCCOCCOC. The predicted molar refractivity (Wildman–Crippen MR) is 101 cm³/mol. The molecule has 6 nitrogen and oxygen atoms in total. The van der Waals surface area contributed by atoms with Crippen LogP contribution in [0.1, 0.15) is 46.5 Å². The Kier molecular flexibility index (Phi) is 11.9. The molecule has 2 atom stereocenters. The number of piperidine rings is 1. The molecule has 1 heterocycles. The highest BCUT2D eigenvalue weighted by molar-refractivity contribution is 5.79. The molecule has 2 unspecified atom stereocenters. The van der Waals surface area contributed by atoms with Crippen molar-refractivity contribution >= 4 is 5.96 Å². The summed E-state index contributed by atoms with van der Waals surface area (Å²) in [6, 6.07) is 1.18. The molecule has 6 heteroatoms. The Balaban J connectivity index is 2.28. The molecule has 1 aliphatic rings. The van der Waals surface area contributed by atoms with E-state index >= 15 is 0 Å². The van der Waals surface area contributed by atoms with Gasteiger partial charge >= 0.3 is 0 Å². The molecule has 1 rings (SSSR count). The normalized spacial score (nSPS) is 20.8. The summed E-state index contributed by atoms with van der Waals surface area (Å²) in [6.45, 7) is 12.6. The Labute approximate surface area is 148 Å². The summed E-state index contributed by atoms with van der Waals surface area (Å²) in [5.41, 5.74) is 0. The number of nitrogens with zero attached hydrogens (tertiary/aromatic N) is 2. The van der Waals surface area contributed by atoms with Crippen LogP contribution in [0.3, 0.4) is 0 Å². The second-order valence-electron chi connectivity index (χ2n) is 6.54. The smallest absolute Gasteiger partial charge is 0.191 e. The summed E-state index contributed by atoms with van der Waals surface area (Å²) < 4.78 is 10.4. The lowest BCUT2D eigenvalue weighted by atomic mass is 10.0. The molecule has 1 fully saturated rings. The third kappa shape index (κ3) is 8.85. The van der Waals surface area contributed by atoms with Gasteiger partial charge in [0.2, 0.25) is 0 Å². The molecule has 24 heavy (non-hydrogen) atoms. The minimum atomic E-state index is 0.494. The Bertz CT molecular complexity index is 339. The van der Waals surface area contributed by atoms with Crippen molar-refractivity contribution in [3.63, 3.8) is 0 Å². The van der Waals surface area contributed by atoms with Crippen molar-refractivity contribution in [2.24, 2.45) is 4.99 Å². The third-order valence-corrected chi connectivity index (χ3v) is 4.47. The predicted octanol–water partition coefficient (Wildman–Crippen LogP) is 1.86. The Morgan fingerprint density at radius 2 is 2.08 bits per heavy atom. The first-order valence-corrected chi connectivity index (χ1v) is 9.53. The van der Waals surface area contributed by atoms with Gasteiger partial charge in [0.15, 0.2) is 5.96 Å². The molecular formula is C18H38N4O2. The van der Waals surface area contributed by atoms with Crippen LogP contribution in [0.4, 0.5) is 0 Å². The number of likely N-dealkylation sites (tertiary alicyclic amines) is 1. The fourth-order valence-corrected chi connectivity index (χ4v) is 3.07. The van der Waals surface area contributed by atoms with E-state index in [0.29, 0.717) is 25.3 Å². The zero-order valence-electron chi connectivity index (χ0n) is 16.1. The van der Waals surface area contributed by atoms with Crippen molar-refractivity contribution in [1.82, 2.24) is 15.5 Å². The fourth-order valence-electron chi connectivity index (χ4n) is 3.07. The van der Waals surface area contributed by atoms with Crippen LogP contribution >= 0.6 is 0 Å². The van der Waals surface area contributed by atoms with Crippen LogP contribution in [-0.4, -0.2) is 76.1 Å². The van der Waals surface area contributed by atoms with E-state index in [1.807, 2.05) is 0 Å². The van der Waals surface area contributed by atoms with Crippen LogP contribution in [0.25, 0.3) is 0 Å². The molecule has 1 aliphatic heterocycles. The van der Waals surface area contributed by atoms with Crippen molar-refractivity contribution in [2.45, 2.75) is 58.5 Å². The van der Waals surface area contributed by atoms with Gasteiger partial charge in [0.25, 0.3) is 0 Å². The van der Waals surface area contributed by atoms with Crippen LogP contribution in [0.15, 0.2) is 4.99 Å². The van der Waals surface area contributed by atoms with Crippen LogP contribution in [-0.2, 0) is 9.47 Å². The summed E-state index contributed by atoms with van der Waals surface area (Å²) in [5.74, 6) is 0.908. The molecule has 0 radical (unpaired) electrons. The van der Waals surface area contributed by atoms with Gasteiger partial charge in [-0.15, -0.1) is 0 Å². The van der Waals surface area contributed by atoms with Crippen LogP contribution < -0.4 is 10.6 Å². The third-order valence-electron chi connectivity index (χ3n) is 4.47. The van der Waals surface area contributed by atoms with E-state index < -0.39 is 0 Å². The quantitative estimate of drug-likeness (QED) is 0.341. The molecule has 0 aromatic rings. The van der Waals surface area contributed by atoms with Gasteiger partial charge in [0, 0.05) is 38.9 Å². The van der Waals surface area contributed by atoms with Gasteiger partial charge in [-0.25, -0.2) is 0 Å². The van der Waals surface area contributed by atoms with Gasteiger partial charge in [0.1, 0.15) is 0 Å². The minimum Gasteiger partial charge on any atom is -0.382 e. The Morgan fingerprint density at radius 3 is 2.79 bits per heavy atom. The first-order chi connectivity index (χ1) is 11.7. The standard InChI is InChI=1S/C18H38N4O2/c1-5-19-18(20-10-8-12-24-14-13-23-4)21-15-17(3)22-11-7-6-9-16(22)2/h16-17H,5-15H2,1-4H3,(H2,19,20,21). The van der Waals surface area contributed by atoms with Crippen molar-refractivity contribution in [3.8, 4) is 0 Å². The molecule has 2 N–H and O–H groups in total. The van der Waals surface area contributed by atoms with E-state index in [9.17, 15) is 0 Å². The van der Waals surface area contributed by atoms with Crippen molar-refractivity contribution in [2.75, 3.05) is 53.1 Å². The molecule has 0 spiro atoms. The summed E-state index contributed by atoms with van der Waals surface area (Å²) in [5, 5.41) is 6.71. The number of methoxy groups -OCH3 is 1. The van der Waals surface area contributed by atoms with E-state index in [0.717, 1.165) is 38.6 Å². The second-order valence-corrected chi connectivity index (χ2v) is 6.54. The highest BCUT2D eigenvalue weighted by atomic mass is 16.5. The van der Waals surface area contributed by atoms with E-state index in [4.69, 9.17) is 14.5 Å². The number of hydrogen-bond acceptors (Lipinski definition) is 4. The lowest BCUT2D eigenvalue weighted by Crippen LogP contribution is -2.45. The van der Waals surface area contributed by atoms with Gasteiger partial charge in [-0.2, -0.15) is 0 Å². The fraction of sp³-hybridized carbons (Fsp3) is 0.944. The highest BCUT2D eigenvalue weighted by Crippen LogP contribution is 2.18. The molecule has 0 bridgehead atoms. The Hall–Kier alpha value is -0.850. The van der Waals surface area contributed by atoms with E-state index in [1.165, 1.54) is 25.8 Å². The maximum Gasteiger partial charge on any atom is 0.191 e. The minimum absolute atomic E-state index is 0.494. The maximum atomic E-state index is 5.47. The monoisotopic (exact) mass is 342 g/mol. The van der Waals surface area contributed by atoms with Gasteiger partial charge in [-0.1, -0.05) is 6.42 Å². The molecule has 142 valence electrons. The number of rotatable bonds is 11. The first-order valence-electron chi connectivity index (χ1n) is 9.53. The van der Waals surface area contributed by atoms with E-state index in [1.54, 1.807) is 7.11 Å². The number of nitrogens with one attached hydrogen (secondary N) is 2. The van der Waals surface area contributed by atoms with Crippen molar-refractivity contribution in [3.05, 3.63) is 0 Å². The highest BCUT2D eigenvalue weighted by Gasteiger charge is 2.22. The second kappa shape index (κ2) is 13.4. The summed E-state index contributed by atoms with van der Waals surface area (Å²) in [7, 11) is 1.69. The zero-order valence-corrected chi connectivity index (χ0v) is 16.1. The molecule has 0 saturated carbocycles. The van der Waals surface area contributed by atoms with E-state index in [2.05, 4.69) is 36.3 Å². The molecular weight excluding hydrogens is 304 g/mol. The van der Waals surface area contributed by atoms with Crippen molar-refractivity contribution < 1.29 is 9.47 Å². The van der Waals surface area contributed by atoms with Crippen LogP contribution in [0.5, 0.6) is 0 Å². The molecule has 0 aliphatic carbocycles. The average molecular weight is 343 g/mol. The molecule has 1 saturated heterocycles. The van der Waals surface area contributed by atoms with Gasteiger partial charge in [0.05, 0.1) is 19.8 Å². The van der Waals surface area contributed by atoms with Gasteiger partial charge < -0.3 is 20.1 Å². The first kappa shape index (κ1) is 21.2. The van der Waals surface area contributed by atoms with Crippen LogP contribution in [0, 0.1) is 0 Å². The topological polar surface area (TPSA) is 58.1 Å². The lowest BCUT2D eigenvalue weighted by molar-refractivity contribution is 0.0698.